The van der Waals surface area contributed by atoms with Gasteiger partial charge in [-0.1, -0.05) is 0 Å². The third-order valence-corrected chi connectivity index (χ3v) is 2.35. The molecule has 5 heteroatoms. The highest BCUT2D eigenvalue weighted by Gasteiger charge is 2.21. The minimum absolute atomic E-state index is 0.146. The number of fused-ring (bicyclic) bond motifs is 1. The first-order valence-corrected chi connectivity index (χ1v) is 4.33. The van der Waals surface area contributed by atoms with E-state index in [1.165, 1.54) is 10.6 Å². The molecule has 0 bridgehead atoms. The number of aromatic carboxylic acids is 1. The molecule has 1 aliphatic rings. The van der Waals surface area contributed by atoms with Gasteiger partial charge in [-0.25, -0.2) is 4.79 Å². The Labute approximate surface area is 80.0 Å². The van der Waals surface area contributed by atoms with Crippen LogP contribution in [0.2, 0.25) is 0 Å². The van der Waals surface area contributed by atoms with Crippen molar-refractivity contribution in [3.05, 3.63) is 27.5 Å². The van der Waals surface area contributed by atoms with E-state index in [4.69, 9.17) is 5.11 Å². The predicted octanol–water partition coefficient (Wildman–Crippen LogP) is 0.280. The smallest absolute Gasteiger partial charge is 0.339 e. The van der Waals surface area contributed by atoms with Gasteiger partial charge in [-0.3, -0.25) is 9.36 Å². The Morgan fingerprint density at radius 3 is 3.00 bits per heavy atom. The van der Waals surface area contributed by atoms with Crippen LogP contribution in [0.1, 0.15) is 15.9 Å². The SMILES string of the molecule is Cc1cc(=O)n2c(c1C(=O)O)NCC2. The number of anilines is 1. The summed E-state index contributed by atoms with van der Waals surface area (Å²) >= 11 is 0. The van der Waals surface area contributed by atoms with Crippen LogP contribution in [0.25, 0.3) is 0 Å². The average molecular weight is 194 g/mol. The zero-order valence-corrected chi connectivity index (χ0v) is 7.70. The fourth-order valence-corrected chi connectivity index (χ4v) is 1.73. The highest BCUT2D eigenvalue weighted by atomic mass is 16.4. The van der Waals surface area contributed by atoms with Crippen LogP contribution < -0.4 is 10.9 Å². The summed E-state index contributed by atoms with van der Waals surface area (Å²) in [6.45, 7) is 2.78. The Morgan fingerprint density at radius 2 is 2.36 bits per heavy atom. The van der Waals surface area contributed by atoms with Crippen LogP contribution in [0.15, 0.2) is 10.9 Å². The zero-order valence-electron chi connectivity index (χ0n) is 7.70. The number of pyridine rings is 1. The summed E-state index contributed by atoms with van der Waals surface area (Å²) in [7, 11) is 0. The fraction of sp³-hybridized carbons (Fsp3) is 0.333. The molecule has 0 spiro atoms. The number of nitrogens with one attached hydrogen (secondary N) is 1. The first kappa shape index (κ1) is 8.80. The zero-order chi connectivity index (χ0) is 10.3. The summed E-state index contributed by atoms with van der Waals surface area (Å²) in [5.41, 5.74) is 0.553. The van der Waals surface area contributed by atoms with Gasteiger partial charge < -0.3 is 10.4 Å². The molecule has 0 aromatic carbocycles. The summed E-state index contributed by atoms with van der Waals surface area (Å²) in [6.07, 6.45) is 0. The molecule has 1 aromatic heterocycles. The summed E-state index contributed by atoms with van der Waals surface area (Å²) in [6, 6.07) is 1.36. The first-order chi connectivity index (χ1) is 6.61. The number of carbonyl (C=O) groups is 1. The Balaban J connectivity index is 2.78. The molecule has 74 valence electrons. The highest BCUT2D eigenvalue weighted by Crippen LogP contribution is 2.20. The molecule has 0 saturated carbocycles. The van der Waals surface area contributed by atoms with Crippen molar-refractivity contribution in [1.29, 1.82) is 0 Å². The number of hydrogen-bond donors (Lipinski definition) is 2. The lowest BCUT2D eigenvalue weighted by Crippen LogP contribution is -2.20. The Hall–Kier alpha value is -1.78. The van der Waals surface area contributed by atoms with Crippen LogP contribution >= 0.6 is 0 Å². The number of nitrogens with zero attached hydrogens (tertiary/aromatic N) is 1. The molecule has 2 N–H and O–H groups in total. The maximum atomic E-state index is 11.4. The minimum Gasteiger partial charge on any atom is -0.478 e. The molecular formula is C9H10N2O3. The van der Waals surface area contributed by atoms with Crippen molar-refractivity contribution < 1.29 is 9.90 Å². The lowest BCUT2D eigenvalue weighted by Gasteiger charge is -2.08. The van der Waals surface area contributed by atoms with E-state index in [-0.39, 0.29) is 11.1 Å². The van der Waals surface area contributed by atoms with E-state index in [2.05, 4.69) is 5.32 Å². The van der Waals surface area contributed by atoms with E-state index < -0.39 is 5.97 Å². The summed E-state index contributed by atoms with van der Waals surface area (Å²) in [5.74, 6) is -0.567. The molecule has 0 fully saturated rings. The summed E-state index contributed by atoms with van der Waals surface area (Å²) in [4.78, 5) is 22.4. The molecule has 0 radical (unpaired) electrons. The van der Waals surface area contributed by atoms with Crippen LogP contribution in [-0.4, -0.2) is 22.2 Å². The van der Waals surface area contributed by atoms with Gasteiger partial charge in [0, 0.05) is 19.2 Å². The van der Waals surface area contributed by atoms with Gasteiger partial charge in [-0.2, -0.15) is 0 Å². The van der Waals surface area contributed by atoms with Gasteiger partial charge in [-0.15, -0.1) is 0 Å². The minimum atomic E-state index is -0.999. The monoisotopic (exact) mass is 194 g/mol. The fourth-order valence-electron chi connectivity index (χ4n) is 1.73. The van der Waals surface area contributed by atoms with E-state index in [0.29, 0.717) is 24.5 Å². The van der Waals surface area contributed by atoms with Gasteiger partial charge in [0.05, 0.1) is 0 Å². The van der Waals surface area contributed by atoms with Gasteiger partial charge in [0.15, 0.2) is 0 Å². The van der Waals surface area contributed by atoms with Crippen molar-refractivity contribution in [2.24, 2.45) is 0 Å². The quantitative estimate of drug-likeness (QED) is 0.673. The van der Waals surface area contributed by atoms with Crippen molar-refractivity contribution in [3.8, 4) is 0 Å². The van der Waals surface area contributed by atoms with E-state index >= 15 is 0 Å². The standard InChI is InChI=1S/C9H10N2O3/c1-5-4-6(12)11-3-2-10-8(11)7(5)9(13)14/h4,10H,2-3H2,1H3,(H,13,14). The first-order valence-electron chi connectivity index (χ1n) is 4.33. The molecule has 2 rings (SSSR count). The van der Waals surface area contributed by atoms with Crippen molar-refractivity contribution in [1.82, 2.24) is 4.57 Å². The molecule has 0 saturated heterocycles. The molecule has 1 aliphatic heterocycles. The third kappa shape index (κ3) is 1.09. The number of carboxylic acids is 1. The van der Waals surface area contributed by atoms with E-state index in [1.807, 2.05) is 0 Å². The Bertz CT molecular complexity index is 462. The lowest BCUT2D eigenvalue weighted by molar-refractivity contribution is 0.0696. The molecule has 1 aromatic rings. The topological polar surface area (TPSA) is 71.3 Å². The lowest BCUT2D eigenvalue weighted by atomic mass is 10.1. The van der Waals surface area contributed by atoms with Gasteiger partial charge in [0.1, 0.15) is 11.4 Å². The Kier molecular flexibility index (Phi) is 1.80. The molecule has 0 unspecified atom stereocenters. The maximum absolute atomic E-state index is 11.4. The van der Waals surface area contributed by atoms with Crippen LogP contribution in [0.3, 0.4) is 0 Å². The molecule has 14 heavy (non-hydrogen) atoms. The third-order valence-electron chi connectivity index (χ3n) is 2.35. The van der Waals surface area contributed by atoms with Crippen molar-refractivity contribution in [2.75, 3.05) is 11.9 Å². The Morgan fingerprint density at radius 1 is 1.64 bits per heavy atom. The van der Waals surface area contributed by atoms with Gasteiger partial charge in [0.2, 0.25) is 0 Å². The normalized spacial score (nSPS) is 13.5. The number of rotatable bonds is 1. The average Bonchev–Trinajstić information content (AvgIpc) is 2.51. The largest absolute Gasteiger partial charge is 0.478 e. The van der Waals surface area contributed by atoms with Crippen LogP contribution in [-0.2, 0) is 6.54 Å². The molecule has 0 aliphatic carbocycles. The van der Waals surface area contributed by atoms with Gasteiger partial charge in [0.25, 0.3) is 5.56 Å². The summed E-state index contributed by atoms with van der Waals surface area (Å²) in [5, 5.41) is 11.9. The second-order valence-corrected chi connectivity index (χ2v) is 3.27. The highest BCUT2D eigenvalue weighted by molar-refractivity contribution is 5.95. The van der Waals surface area contributed by atoms with Gasteiger partial charge >= 0.3 is 5.97 Å². The maximum Gasteiger partial charge on any atom is 0.339 e. The van der Waals surface area contributed by atoms with Crippen molar-refractivity contribution in [3.63, 3.8) is 0 Å². The molecule has 0 amide bonds. The second-order valence-electron chi connectivity index (χ2n) is 3.27. The number of aromatic nitrogens is 1. The predicted molar refractivity (Wildman–Crippen MR) is 50.9 cm³/mol. The second kappa shape index (κ2) is 2.87. The van der Waals surface area contributed by atoms with Crippen molar-refractivity contribution >= 4 is 11.8 Å². The van der Waals surface area contributed by atoms with Crippen LogP contribution in [0.4, 0.5) is 5.82 Å². The van der Waals surface area contributed by atoms with Crippen LogP contribution in [0.5, 0.6) is 0 Å². The van der Waals surface area contributed by atoms with Crippen molar-refractivity contribution in [2.45, 2.75) is 13.5 Å². The van der Waals surface area contributed by atoms with Crippen LogP contribution in [0, 0.1) is 6.92 Å². The number of hydrogen-bond acceptors (Lipinski definition) is 3. The number of carboxylic acid groups (broad SMARTS) is 1. The number of aryl methyl sites for hydroxylation is 1. The molecule has 2 heterocycles. The summed E-state index contributed by atoms with van der Waals surface area (Å²) < 4.78 is 1.45. The molecular weight excluding hydrogens is 184 g/mol. The molecule has 5 nitrogen and oxygen atoms in total. The van der Waals surface area contributed by atoms with E-state index in [0.717, 1.165) is 0 Å². The van der Waals surface area contributed by atoms with E-state index in [1.54, 1.807) is 6.92 Å². The molecule has 0 atom stereocenters. The van der Waals surface area contributed by atoms with Gasteiger partial charge in [-0.05, 0) is 12.5 Å². The van der Waals surface area contributed by atoms with E-state index in [9.17, 15) is 9.59 Å².